The Morgan fingerprint density at radius 3 is 2.68 bits per heavy atom. The zero-order valence-corrected chi connectivity index (χ0v) is 12.5. The summed E-state index contributed by atoms with van der Waals surface area (Å²) in [6.07, 6.45) is 0. The van der Waals surface area contributed by atoms with Crippen LogP contribution in [0.4, 0.5) is 0 Å². The Morgan fingerprint density at radius 2 is 2.05 bits per heavy atom. The van der Waals surface area contributed by atoms with Gasteiger partial charge in [-0.25, -0.2) is 0 Å². The number of carbonyl (C=O) groups is 1. The van der Waals surface area contributed by atoms with Crippen LogP contribution in [-0.4, -0.2) is 26.6 Å². The van der Waals surface area contributed by atoms with Crippen molar-refractivity contribution in [2.75, 3.05) is 20.7 Å². The Labute approximate surface area is 121 Å². The number of methoxy groups -OCH3 is 1. The molecule has 2 N–H and O–H groups in total. The average Bonchev–Trinajstić information content (AvgIpc) is 2.37. The number of amides is 1. The Balaban J connectivity index is 0.00000324. The molecule has 0 fully saturated rings. The molecule has 0 aliphatic rings. The SMILES string of the molecule is CNCC(C)C(=O)NCc1cccc(COC)c1.Cl. The minimum atomic E-state index is -0.0165. The van der Waals surface area contributed by atoms with Crippen molar-refractivity contribution >= 4 is 18.3 Å². The fraction of sp³-hybridized carbons (Fsp3) is 0.500. The first-order valence-electron chi connectivity index (χ1n) is 6.16. The van der Waals surface area contributed by atoms with Crippen LogP contribution >= 0.6 is 12.4 Å². The molecule has 1 aromatic rings. The Morgan fingerprint density at radius 1 is 1.37 bits per heavy atom. The minimum absolute atomic E-state index is 0. The average molecular weight is 287 g/mol. The van der Waals surface area contributed by atoms with Crippen LogP contribution in [0.15, 0.2) is 24.3 Å². The van der Waals surface area contributed by atoms with Crippen molar-refractivity contribution in [3.63, 3.8) is 0 Å². The number of benzene rings is 1. The van der Waals surface area contributed by atoms with E-state index in [0.717, 1.165) is 11.1 Å². The molecule has 0 bridgehead atoms. The lowest BCUT2D eigenvalue weighted by molar-refractivity contribution is -0.124. The molecule has 5 heteroatoms. The third kappa shape index (κ3) is 6.57. The maximum atomic E-state index is 11.7. The van der Waals surface area contributed by atoms with E-state index in [1.54, 1.807) is 7.11 Å². The molecule has 0 saturated heterocycles. The van der Waals surface area contributed by atoms with Gasteiger partial charge >= 0.3 is 0 Å². The normalized spacial score (nSPS) is 11.5. The maximum absolute atomic E-state index is 11.7. The molecule has 1 amide bonds. The van der Waals surface area contributed by atoms with Crippen LogP contribution in [0.3, 0.4) is 0 Å². The fourth-order valence-corrected chi connectivity index (χ4v) is 1.76. The number of carbonyl (C=O) groups excluding carboxylic acids is 1. The lowest BCUT2D eigenvalue weighted by Gasteiger charge is -2.12. The second-order valence-corrected chi connectivity index (χ2v) is 4.43. The second kappa shape index (κ2) is 9.78. The number of hydrogen-bond acceptors (Lipinski definition) is 3. The van der Waals surface area contributed by atoms with Crippen LogP contribution in [0.25, 0.3) is 0 Å². The molecule has 0 aliphatic carbocycles. The predicted molar refractivity (Wildman–Crippen MR) is 79.3 cm³/mol. The standard InChI is InChI=1S/C14H22N2O2.ClH/c1-11(8-15-2)14(17)16-9-12-5-4-6-13(7-12)10-18-3;/h4-7,11,15H,8-10H2,1-3H3,(H,16,17);1H. The van der Waals surface area contributed by atoms with Gasteiger partial charge in [-0.3, -0.25) is 4.79 Å². The van der Waals surface area contributed by atoms with Crippen LogP contribution in [0.5, 0.6) is 0 Å². The molecule has 1 aromatic carbocycles. The molecular weight excluding hydrogens is 264 g/mol. The van der Waals surface area contributed by atoms with Crippen LogP contribution in [0, 0.1) is 5.92 Å². The predicted octanol–water partition coefficient (Wildman–Crippen LogP) is 1.73. The Kier molecular flexibility index (Phi) is 9.21. The number of hydrogen-bond donors (Lipinski definition) is 2. The monoisotopic (exact) mass is 286 g/mol. The largest absolute Gasteiger partial charge is 0.380 e. The summed E-state index contributed by atoms with van der Waals surface area (Å²) in [7, 11) is 3.52. The van der Waals surface area contributed by atoms with Crippen LogP contribution < -0.4 is 10.6 Å². The van der Waals surface area contributed by atoms with Crippen LogP contribution in [-0.2, 0) is 22.7 Å². The Hall–Kier alpha value is -1.10. The quantitative estimate of drug-likeness (QED) is 0.803. The van der Waals surface area contributed by atoms with Crippen LogP contribution in [0.2, 0.25) is 0 Å². The van der Waals surface area contributed by atoms with Crippen molar-refractivity contribution in [2.24, 2.45) is 5.92 Å². The maximum Gasteiger partial charge on any atom is 0.224 e. The molecule has 0 radical (unpaired) electrons. The smallest absolute Gasteiger partial charge is 0.224 e. The van der Waals surface area contributed by atoms with E-state index < -0.39 is 0 Å². The van der Waals surface area contributed by atoms with E-state index in [-0.39, 0.29) is 24.2 Å². The van der Waals surface area contributed by atoms with Crippen LogP contribution in [0.1, 0.15) is 18.1 Å². The van der Waals surface area contributed by atoms with Gasteiger partial charge in [0.05, 0.1) is 6.61 Å². The molecule has 19 heavy (non-hydrogen) atoms. The molecule has 1 atom stereocenters. The van der Waals surface area contributed by atoms with Gasteiger partial charge in [0, 0.05) is 26.1 Å². The van der Waals surface area contributed by atoms with E-state index in [0.29, 0.717) is 19.7 Å². The minimum Gasteiger partial charge on any atom is -0.380 e. The van der Waals surface area contributed by atoms with Gasteiger partial charge in [-0.2, -0.15) is 0 Å². The number of rotatable bonds is 7. The summed E-state index contributed by atoms with van der Waals surface area (Å²) in [6.45, 7) is 3.76. The van der Waals surface area contributed by atoms with Crippen molar-refractivity contribution in [1.82, 2.24) is 10.6 Å². The van der Waals surface area contributed by atoms with Crippen molar-refractivity contribution in [1.29, 1.82) is 0 Å². The van der Waals surface area contributed by atoms with Gasteiger partial charge in [-0.15, -0.1) is 12.4 Å². The van der Waals surface area contributed by atoms with Gasteiger partial charge in [0.15, 0.2) is 0 Å². The van der Waals surface area contributed by atoms with Crippen molar-refractivity contribution < 1.29 is 9.53 Å². The summed E-state index contributed by atoms with van der Waals surface area (Å²) in [5, 5.41) is 5.93. The third-order valence-electron chi connectivity index (χ3n) is 2.73. The zero-order chi connectivity index (χ0) is 13.4. The van der Waals surface area contributed by atoms with E-state index >= 15 is 0 Å². The van der Waals surface area contributed by atoms with Gasteiger partial charge < -0.3 is 15.4 Å². The molecule has 4 nitrogen and oxygen atoms in total. The van der Waals surface area contributed by atoms with E-state index in [1.807, 2.05) is 38.2 Å². The van der Waals surface area contributed by atoms with Gasteiger partial charge in [-0.1, -0.05) is 31.2 Å². The van der Waals surface area contributed by atoms with E-state index in [1.165, 1.54) is 0 Å². The van der Waals surface area contributed by atoms with Gasteiger partial charge in [0.25, 0.3) is 0 Å². The molecule has 1 unspecified atom stereocenters. The Bertz CT molecular complexity index is 385. The first-order valence-corrected chi connectivity index (χ1v) is 6.16. The van der Waals surface area contributed by atoms with Crippen molar-refractivity contribution in [2.45, 2.75) is 20.1 Å². The van der Waals surface area contributed by atoms with Gasteiger partial charge in [-0.05, 0) is 18.2 Å². The fourth-order valence-electron chi connectivity index (χ4n) is 1.76. The molecule has 1 rings (SSSR count). The number of ether oxygens (including phenoxy) is 1. The molecule has 0 aliphatic heterocycles. The number of halogens is 1. The summed E-state index contributed by atoms with van der Waals surface area (Å²) < 4.78 is 5.08. The highest BCUT2D eigenvalue weighted by atomic mass is 35.5. The lowest BCUT2D eigenvalue weighted by Crippen LogP contribution is -2.33. The zero-order valence-electron chi connectivity index (χ0n) is 11.7. The lowest BCUT2D eigenvalue weighted by atomic mass is 10.1. The van der Waals surface area contributed by atoms with Gasteiger partial charge in [0.2, 0.25) is 5.91 Å². The highest BCUT2D eigenvalue weighted by Crippen LogP contribution is 2.06. The molecule has 0 saturated carbocycles. The van der Waals surface area contributed by atoms with Crippen molar-refractivity contribution in [3.05, 3.63) is 35.4 Å². The molecule has 0 aromatic heterocycles. The first-order chi connectivity index (χ1) is 8.67. The molecule has 0 heterocycles. The highest BCUT2D eigenvalue weighted by molar-refractivity contribution is 5.85. The van der Waals surface area contributed by atoms with E-state index in [2.05, 4.69) is 10.6 Å². The third-order valence-corrected chi connectivity index (χ3v) is 2.73. The molecule has 0 spiro atoms. The second-order valence-electron chi connectivity index (χ2n) is 4.43. The molecule has 108 valence electrons. The summed E-state index contributed by atoms with van der Waals surface area (Å²) >= 11 is 0. The first kappa shape index (κ1) is 17.9. The summed E-state index contributed by atoms with van der Waals surface area (Å²) in [4.78, 5) is 11.7. The summed E-state index contributed by atoms with van der Waals surface area (Å²) in [5.74, 6) is 0.0543. The van der Waals surface area contributed by atoms with Gasteiger partial charge in [0.1, 0.15) is 0 Å². The van der Waals surface area contributed by atoms with E-state index in [9.17, 15) is 4.79 Å². The summed E-state index contributed by atoms with van der Waals surface area (Å²) in [6, 6.07) is 8.04. The number of nitrogens with one attached hydrogen (secondary N) is 2. The van der Waals surface area contributed by atoms with Crippen molar-refractivity contribution in [3.8, 4) is 0 Å². The topological polar surface area (TPSA) is 50.4 Å². The summed E-state index contributed by atoms with van der Waals surface area (Å²) in [5.41, 5.74) is 2.21. The molecular formula is C14H23ClN2O2. The van der Waals surface area contributed by atoms with E-state index in [4.69, 9.17) is 4.74 Å². The highest BCUT2D eigenvalue weighted by Gasteiger charge is 2.10.